The van der Waals surface area contributed by atoms with Crippen LogP contribution >= 0.6 is 0 Å². The van der Waals surface area contributed by atoms with Crippen LogP contribution in [0.15, 0.2) is 18.9 Å². The molecule has 0 saturated carbocycles. The van der Waals surface area contributed by atoms with E-state index >= 15 is 0 Å². The molecule has 5 heteroatoms. The summed E-state index contributed by atoms with van der Waals surface area (Å²) in [5.74, 6) is 1.64. The van der Waals surface area contributed by atoms with Gasteiger partial charge in [-0.2, -0.15) is 5.10 Å². The molecule has 0 aliphatic carbocycles. The van der Waals surface area contributed by atoms with Crippen molar-refractivity contribution in [3.63, 3.8) is 0 Å². The molecule has 0 aliphatic heterocycles. The van der Waals surface area contributed by atoms with Crippen molar-refractivity contribution in [2.45, 2.75) is 39.7 Å². The minimum atomic E-state index is -0.0779. The number of nitrogens with two attached hydrogens (primary N) is 1. The molecule has 2 rings (SSSR count). The molecule has 0 aliphatic rings. The van der Waals surface area contributed by atoms with Crippen LogP contribution in [0.2, 0.25) is 0 Å². The Morgan fingerprint density at radius 2 is 2.05 bits per heavy atom. The van der Waals surface area contributed by atoms with Gasteiger partial charge in [0.1, 0.15) is 17.3 Å². The number of aromatic nitrogens is 4. The summed E-state index contributed by atoms with van der Waals surface area (Å²) >= 11 is 0. The van der Waals surface area contributed by atoms with E-state index < -0.39 is 0 Å². The average molecular weight is 273 g/mol. The summed E-state index contributed by atoms with van der Waals surface area (Å²) in [4.78, 5) is 4.78. The minimum absolute atomic E-state index is 0.0779. The third-order valence-corrected chi connectivity index (χ3v) is 3.26. The van der Waals surface area contributed by atoms with Gasteiger partial charge in [-0.3, -0.25) is 4.68 Å². The summed E-state index contributed by atoms with van der Waals surface area (Å²) in [6, 6.07) is 0. The van der Waals surface area contributed by atoms with Crippen LogP contribution in [-0.4, -0.2) is 19.3 Å². The predicted octanol–water partition coefficient (Wildman–Crippen LogP) is 2.66. The fourth-order valence-corrected chi connectivity index (χ4v) is 2.38. The van der Waals surface area contributed by atoms with E-state index in [1.807, 2.05) is 30.8 Å². The Kier molecular flexibility index (Phi) is 3.46. The first kappa shape index (κ1) is 14.4. The summed E-state index contributed by atoms with van der Waals surface area (Å²) in [6.07, 6.45) is 3.80. The Labute approximate surface area is 120 Å². The fourth-order valence-electron chi connectivity index (χ4n) is 2.38. The highest BCUT2D eigenvalue weighted by Crippen LogP contribution is 2.33. The Bertz CT molecular complexity index is 640. The molecule has 0 unspecified atom stereocenters. The summed E-state index contributed by atoms with van der Waals surface area (Å²) in [7, 11) is 1.90. The zero-order valence-corrected chi connectivity index (χ0v) is 12.9. The molecule has 0 saturated heterocycles. The van der Waals surface area contributed by atoms with Crippen molar-refractivity contribution < 1.29 is 0 Å². The molecule has 108 valence electrons. The summed E-state index contributed by atoms with van der Waals surface area (Å²) < 4.78 is 3.81. The van der Waals surface area contributed by atoms with Gasteiger partial charge in [0.05, 0.1) is 5.69 Å². The molecule has 0 bridgehead atoms. The van der Waals surface area contributed by atoms with Gasteiger partial charge in [-0.05, 0) is 6.92 Å². The lowest BCUT2D eigenvalue weighted by Crippen LogP contribution is -2.19. The van der Waals surface area contributed by atoms with Crippen molar-refractivity contribution in [1.29, 1.82) is 0 Å². The lowest BCUT2D eigenvalue weighted by molar-refractivity contribution is 0.515. The highest BCUT2D eigenvalue weighted by molar-refractivity contribution is 5.72. The Morgan fingerprint density at radius 3 is 2.50 bits per heavy atom. The largest absolute Gasteiger partial charge is 0.383 e. The van der Waals surface area contributed by atoms with Gasteiger partial charge in [0.2, 0.25) is 0 Å². The normalized spacial score (nSPS) is 11.8. The molecule has 0 atom stereocenters. The van der Waals surface area contributed by atoms with Crippen LogP contribution in [0.3, 0.4) is 0 Å². The van der Waals surface area contributed by atoms with E-state index in [0.29, 0.717) is 12.4 Å². The fraction of sp³-hybridized carbons (Fsp3) is 0.467. The second-order valence-electron chi connectivity index (χ2n) is 6.12. The van der Waals surface area contributed by atoms with Gasteiger partial charge in [0, 0.05) is 30.8 Å². The monoisotopic (exact) mass is 273 g/mol. The van der Waals surface area contributed by atoms with Crippen molar-refractivity contribution in [2.24, 2.45) is 7.05 Å². The van der Waals surface area contributed by atoms with Crippen LogP contribution in [0, 0.1) is 6.92 Å². The van der Waals surface area contributed by atoms with Crippen molar-refractivity contribution in [3.8, 4) is 11.3 Å². The first-order chi connectivity index (χ1) is 9.25. The maximum Gasteiger partial charge on any atom is 0.132 e. The number of nitrogen functional groups attached to an aromatic ring is 1. The smallest absolute Gasteiger partial charge is 0.132 e. The van der Waals surface area contributed by atoms with Crippen molar-refractivity contribution in [2.75, 3.05) is 5.73 Å². The van der Waals surface area contributed by atoms with E-state index in [9.17, 15) is 0 Å². The second kappa shape index (κ2) is 4.81. The van der Waals surface area contributed by atoms with Gasteiger partial charge in [-0.15, -0.1) is 6.58 Å². The molecule has 20 heavy (non-hydrogen) atoms. The lowest BCUT2D eigenvalue weighted by Gasteiger charge is -2.19. The Hall–Kier alpha value is -2.04. The van der Waals surface area contributed by atoms with Gasteiger partial charge in [0.15, 0.2) is 0 Å². The van der Waals surface area contributed by atoms with E-state index in [2.05, 4.69) is 32.4 Å². The number of anilines is 1. The number of nitrogens with zero attached hydrogens (tertiary/aromatic N) is 4. The summed E-state index contributed by atoms with van der Waals surface area (Å²) in [5, 5.41) is 4.37. The van der Waals surface area contributed by atoms with Crippen LogP contribution in [0.4, 0.5) is 5.82 Å². The molecule has 5 nitrogen and oxygen atoms in total. The Morgan fingerprint density at radius 1 is 1.40 bits per heavy atom. The molecular weight excluding hydrogens is 250 g/mol. The third kappa shape index (κ3) is 2.35. The standard InChI is InChI=1S/C15H23N5/c1-7-8-20-13(16)12(17-14(20)15(3,4)5)11-9-19(6)18-10(11)2/h7,9H,1,8,16H2,2-6H3. The van der Waals surface area contributed by atoms with Gasteiger partial charge in [-0.25, -0.2) is 4.98 Å². The zero-order chi connectivity index (χ0) is 15.1. The molecule has 0 fully saturated rings. The molecule has 2 heterocycles. The quantitative estimate of drug-likeness (QED) is 0.874. The van der Waals surface area contributed by atoms with Gasteiger partial charge in [-0.1, -0.05) is 26.8 Å². The van der Waals surface area contributed by atoms with E-state index in [1.165, 1.54) is 0 Å². The molecule has 2 aromatic heterocycles. The van der Waals surface area contributed by atoms with Crippen molar-refractivity contribution in [1.82, 2.24) is 19.3 Å². The van der Waals surface area contributed by atoms with E-state index in [-0.39, 0.29) is 5.41 Å². The number of hydrogen-bond acceptors (Lipinski definition) is 3. The summed E-state index contributed by atoms with van der Waals surface area (Å²) in [5.41, 5.74) is 8.96. The number of allylic oxidation sites excluding steroid dienone is 1. The number of hydrogen-bond donors (Lipinski definition) is 1. The first-order valence-corrected chi connectivity index (χ1v) is 6.73. The molecule has 2 N–H and O–H groups in total. The number of rotatable bonds is 3. The van der Waals surface area contributed by atoms with Gasteiger partial charge in [0.25, 0.3) is 0 Å². The van der Waals surface area contributed by atoms with Crippen molar-refractivity contribution in [3.05, 3.63) is 30.4 Å². The highest BCUT2D eigenvalue weighted by atomic mass is 15.3. The molecular formula is C15H23N5. The molecule has 0 aromatic carbocycles. The van der Waals surface area contributed by atoms with Gasteiger partial charge >= 0.3 is 0 Å². The molecule has 0 radical (unpaired) electrons. The minimum Gasteiger partial charge on any atom is -0.383 e. The predicted molar refractivity (Wildman–Crippen MR) is 82.5 cm³/mol. The van der Waals surface area contributed by atoms with Crippen LogP contribution in [-0.2, 0) is 19.0 Å². The number of aryl methyl sites for hydroxylation is 2. The zero-order valence-electron chi connectivity index (χ0n) is 12.9. The molecule has 0 amide bonds. The van der Waals surface area contributed by atoms with Crippen LogP contribution in [0.25, 0.3) is 11.3 Å². The SMILES string of the molecule is C=CCn1c(C(C)(C)C)nc(-c2cn(C)nc2C)c1N. The molecule has 2 aromatic rings. The average Bonchev–Trinajstić information content (AvgIpc) is 2.80. The van der Waals surface area contributed by atoms with E-state index in [4.69, 9.17) is 10.7 Å². The van der Waals surface area contributed by atoms with Crippen LogP contribution in [0.5, 0.6) is 0 Å². The van der Waals surface area contributed by atoms with Crippen molar-refractivity contribution >= 4 is 5.82 Å². The molecule has 0 spiro atoms. The second-order valence-corrected chi connectivity index (χ2v) is 6.12. The highest BCUT2D eigenvalue weighted by Gasteiger charge is 2.26. The van der Waals surface area contributed by atoms with Gasteiger partial charge < -0.3 is 10.3 Å². The number of imidazole rings is 1. The maximum absolute atomic E-state index is 6.31. The third-order valence-electron chi connectivity index (χ3n) is 3.26. The van der Waals surface area contributed by atoms with E-state index in [0.717, 1.165) is 22.8 Å². The lowest BCUT2D eigenvalue weighted by atomic mass is 9.95. The van der Waals surface area contributed by atoms with Crippen LogP contribution < -0.4 is 5.73 Å². The Balaban J connectivity index is 2.67. The summed E-state index contributed by atoms with van der Waals surface area (Å²) in [6.45, 7) is 12.8. The topological polar surface area (TPSA) is 61.7 Å². The first-order valence-electron chi connectivity index (χ1n) is 6.73. The van der Waals surface area contributed by atoms with E-state index in [1.54, 1.807) is 4.68 Å². The van der Waals surface area contributed by atoms with Crippen LogP contribution in [0.1, 0.15) is 32.3 Å². The maximum atomic E-state index is 6.31.